The first-order chi connectivity index (χ1) is 16.3. The van der Waals surface area contributed by atoms with Gasteiger partial charge in [0.15, 0.2) is 0 Å². The standard InChI is InChI=1S/C29H36F4N2/c1-8-10-16-28(6,7)20(5)27(19(3)4)25(11-9-2)35-24-14-13-22(29(31,32)33)17-23(24)21-12-15-26(30)34-18-21/h11-15,17-18,35H,3,8-10,16H2,1-2,4-7H3/b25-11+,27-20+. The van der Waals surface area contributed by atoms with Crippen molar-refractivity contribution in [2.45, 2.75) is 73.4 Å². The molecule has 0 aliphatic heterocycles. The topological polar surface area (TPSA) is 24.9 Å². The highest BCUT2D eigenvalue weighted by atomic mass is 19.4. The summed E-state index contributed by atoms with van der Waals surface area (Å²) in [5.41, 5.74) is 4.09. The SMILES string of the molecule is C=C(C)C(/C(=C\CC)Nc1ccc(C(F)(F)F)cc1-c1ccc(F)nc1)=C(/C)C(C)(C)CCCC. The van der Waals surface area contributed by atoms with Crippen molar-refractivity contribution < 1.29 is 17.6 Å². The third-order valence-corrected chi connectivity index (χ3v) is 6.30. The number of unbranched alkanes of at least 4 members (excludes halogenated alkanes) is 1. The van der Waals surface area contributed by atoms with Crippen LogP contribution in [0.1, 0.15) is 72.8 Å². The smallest absolute Gasteiger partial charge is 0.355 e. The second kappa shape index (κ2) is 11.7. The molecule has 0 saturated carbocycles. The summed E-state index contributed by atoms with van der Waals surface area (Å²) in [5, 5.41) is 3.38. The number of halogens is 4. The van der Waals surface area contributed by atoms with Crippen molar-refractivity contribution in [2.24, 2.45) is 5.41 Å². The molecule has 0 atom stereocenters. The first-order valence-corrected chi connectivity index (χ1v) is 12.0. The molecular weight excluding hydrogens is 452 g/mol. The summed E-state index contributed by atoms with van der Waals surface area (Å²) < 4.78 is 54.0. The number of nitrogens with one attached hydrogen (secondary N) is 1. The highest BCUT2D eigenvalue weighted by Gasteiger charge is 2.31. The van der Waals surface area contributed by atoms with Gasteiger partial charge in [0.2, 0.25) is 5.95 Å². The highest BCUT2D eigenvalue weighted by molar-refractivity contribution is 5.80. The molecule has 6 heteroatoms. The molecule has 0 amide bonds. The van der Waals surface area contributed by atoms with Gasteiger partial charge in [-0.1, -0.05) is 58.8 Å². The van der Waals surface area contributed by atoms with Gasteiger partial charge in [0.25, 0.3) is 0 Å². The molecule has 0 saturated heterocycles. The van der Waals surface area contributed by atoms with Crippen molar-refractivity contribution in [3.05, 3.63) is 83.1 Å². The fourth-order valence-electron chi connectivity index (χ4n) is 4.06. The van der Waals surface area contributed by atoms with E-state index in [0.717, 1.165) is 60.7 Å². The Hall–Kier alpha value is -2.89. The van der Waals surface area contributed by atoms with Crippen LogP contribution in [0.25, 0.3) is 11.1 Å². The summed E-state index contributed by atoms with van der Waals surface area (Å²) in [6, 6.07) is 6.11. The maximum Gasteiger partial charge on any atom is 0.416 e. The van der Waals surface area contributed by atoms with Crippen LogP contribution >= 0.6 is 0 Å². The molecule has 0 fully saturated rings. The van der Waals surface area contributed by atoms with E-state index < -0.39 is 17.7 Å². The minimum Gasteiger partial charge on any atom is -0.355 e. The quantitative estimate of drug-likeness (QED) is 0.204. The molecular formula is C29H36F4N2. The van der Waals surface area contributed by atoms with Crippen LogP contribution in [0.4, 0.5) is 23.2 Å². The predicted octanol–water partition coefficient (Wildman–Crippen LogP) is 9.72. The lowest BCUT2D eigenvalue weighted by molar-refractivity contribution is -0.137. The highest BCUT2D eigenvalue weighted by Crippen LogP contribution is 2.40. The van der Waals surface area contributed by atoms with Gasteiger partial charge in [0, 0.05) is 28.7 Å². The lowest BCUT2D eigenvalue weighted by atomic mass is 9.76. The van der Waals surface area contributed by atoms with Gasteiger partial charge >= 0.3 is 6.18 Å². The Morgan fingerprint density at radius 2 is 1.77 bits per heavy atom. The third kappa shape index (κ3) is 7.30. The number of allylic oxidation sites excluding steroid dienone is 3. The van der Waals surface area contributed by atoms with Gasteiger partial charge in [0.1, 0.15) is 0 Å². The van der Waals surface area contributed by atoms with Crippen LogP contribution in [0.15, 0.2) is 71.6 Å². The maximum absolute atomic E-state index is 13.5. The van der Waals surface area contributed by atoms with E-state index in [4.69, 9.17) is 0 Å². The lowest BCUT2D eigenvalue weighted by Gasteiger charge is -2.31. The Labute approximate surface area is 206 Å². The summed E-state index contributed by atoms with van der Waals surface area (Å²) in [5.74, 6) is -0.695. The molecule has 1 aromatic heterocycles. The lowest BCUT2D eigenvalue weighted by Crippen LogP contribution is -2.18. The molecule has 2 rings (SSSR count). The Bertz CT molecular complexity index is 1090. The largest absolute Gasteiger partial charge is 0.416 e. The van der Waals surface area contributed by atoms with Crippen LogP contribution in [0.2, 0.25) is 0 Å². The molecule has 0 aliphatic carbocycles. The van der Waals surface area contributed by atoms with Gasteiger partial charge in [-0.3, -0.25) is 0 Å². The summed E-state index contributed by atoms with van der Waals surface area (Å²) in [6.45, 7) is 16.8. The number of hydrogen-bond donors (Lipinski definition) is 1. The molecule has 0 unspecified atom stereocenters. The van der Waals surface area contributed by atoms with Crippen LogP contribution in [-0.2, 0) is 6.18 Å². The molecule has 2 nitrogen and oxygen atoms in total. The van der Waals surface area contributed by atoms with E-state index in [1.54, 1.807) is 0 Å². The molecule has 2 aromatic rings. The van der Waals surface area contributed by atoms with Crippen molar-refractivity contribution in [3.8, 4) is 11.1 Å². The number of nitrogens with zero attached hydrogens (tertiary/aromatic N) is 1. The van der Waals surface area contributed by atoms with Crippen molar-refractivity contribution in [2.75, 3.05) is 5.32 Å². The Morgan fingerprint density at radius 3 is 2.29 bits per heavy atom. The van der Waals surface area contributed by atoms with E-state index in [1.165, 1.54) is 23.9 Å². The van der Waals surface area contributed by atoms with Crippen LogP contribution in [-0.4, -0.2) is 4.98 Å². The van der Waals surface area contributed by atoms with Gasteiger partial charge in [-0.05, 0) is 73.6 Å². The Morgan fingerprint density at radius 1 is 1.09 bits per heavy atom. The van der Waals surface area contributed by atoms with Crippen LogP contribution in [0, 0.1) is 11.4 Å². The molecule has 0 bridgehead atoms. The van der Waals surface area contributed by atoms with Gasteiger partial charge in [0.05, 0.1) is 5.56 Å². The minimum atomic E-state index is -4.51. The first kappa shape index (κ1) is 28.3. The van der Waals surface area contributed by atoms with Gasteiger partial charge in [-0.25, -0.2) is 4.98 Å². The van der Waals surface area contributed by atoms with Gasteiger partial charge in [-0.15, -0.1) is 0 Å². The number of hydrogen-bond acceptors (Lipinski definition) is 2. The van der Waals surface area contributed by atoms with Crippen LogP contribution < -0.4 is 5.32 Å². The summed E-state index contributed by atoms with van der Waals surface area (Å²) >= 11 is 0. The Kier molecular flexibility index (Phi) is 9.47. The van der Waals surface area contributed by atoms with Crippen molar-refractivity contribution in [1.82, 2.24) is 4.98 Å². The fourth-order valence-corrected chi connectivity index (χ4v) is 4.06. The summed E-state index contributed by atoms with van der Waals surface area (Å²) in [4.78, 5) is 3.64. The van der Waals surface area contributed by atoms with E-state index in [1.807, 2.05) is 19.9 Å². The van der Waals surface area contributed by atoms with E-state index >= 15 is 0 Å². The van der Waals surface area contributed by atoms with Gasteiger partial charge in [-0.2, -0.15) is 17.6 Å². The molecule has 1 heterocycles. The zero-order valence-corrected chi connectivity index (χ0v) is 21.5. The zero-order chi connectivity index (χ0) is 26.4. The van der Waals surface area contributed by atoms with E-state index in [9.17, 15) is 17.6 Å². The zero-order valence-electron chi connectivity index (χ0n) is 21.5. The fraction of sp³-hybridized carbons (Fsp3) is 0.414. The predicted molar refractivity (Wildman–Crippen MR) is 137 cm³/mol. The van der Waals surface area contributed by atoms with Gasteiger partial charge < -0.3 is 5.32 Å². The van der Waals surface area contributed by atoms with Crippen molar-refractivity contribution in [1.29, 1.82) is 0 Å². The molecule has 0 radical (unpaired) electrons. The second-order valence-electron chi connectivity index (χ2n) is 9.55. The second-order valence-corrected chi connectivity index (χ2v) is 9.55. The molecule has 190 valence electrons. The maximum atomic E-state index is 13.5. The average molecular weight is 489 g/mol. The molecule has 1 aromatic carbocycles. The number of rotatable bonds is 10. The monoisotopic (exact) mass is 488 g/mol. The van der Waals surface area contributed by atoms with E-state index in [-0.39, 0.29) is 5.41 Å². The number of anilines is 1. The summed E-state index contributed by atoms with van der Waals surface area (Å²) in [7, 11) is 0. The third-order valence-electron chi connectivity index (χ3n) is 6.30. The number of pyridine rings is 1. The van der Waals surface area contributed by atoms with Crippen LogP contribution in [0.5, 0.6) is 0 Å². The average Bonchev–Trinajstić information content (AvgIpc) is 2.78. The number of alkyl halides is 3. The number of aromatic nitrogens is 1. The molecule has 1 N–H and O–H groups in total. The summed E-state index contributed by atoms with van der Waals surface area (Å²) in [6.07, 6.45) is 2.67. The van der Waals surface area contributed by atoms with E-state index in [0.29, 0.717) is 16.8 Å². The Balaban J connectivity index is 2.68. The molecule has 0 spiro atoms. The van der Waals surface area contributed by atoms with E-state index in [2.05, 4.69) is 44.6 Å². The first-order valence-electron chi connectivity index (χ1n) is 12.0. The number of benzene rings is 1. The van der Waals surface area contributed by atoms with Crippen molar-refractivity contribution in [3.63, 3.8) is 0 Å². The van der Waals surface area contributed by atoms with Crippen LogP contribution in [0.3, 0.4) is 0 Å². The molecule has 0 aliphatic rings. The van der Waals surface area contributed by atoms with Crippen molar-refractivity contribution >= 4 is 5.69 Å². The normalized spacial score (nSPS) is 13.5. The minimum absolute atomic E-state index is 0.0807. The molecule has 35 heavy (non-hydrogen) atoms.